The summed E-state index contributed by atoms with van der Waals surface area (Å²) in [6.07, 6.45) is 1.35. The lowest BCUT2D eigenvalue weighted by atomic mass is 10.0. The van der Waals surface area contributed by atoms with Crippen molar-refractivity contribution < 1.29 is 17.9 Å². The fraction of sp³-hybridized carbons (Fsp3) is 1.00. The van der Waals surface area contributed by atoms with Gasteiger partial charge in [-0.3, -0.25) is 0 Å². The molecule has 5 nitrogen and oxygen atoms in total. The first-order valence-electron chi connectivity index (χ1n) is 5.14. The average molecular weight is 237 g/mol. The van der Waals surface area contributed by atoms with Crippen molar-refractivity contribution >= 4 is 10.0 Å². The fourth-order valence-corrected chi connectivity index (χ4v) is 2.71. The maximum Gasteiger partial charge on any atom is 0.211 e. The molecule has 1 unspecified atom stereocenters. The van der Waals surface area contributed by atoms with Crippen molar-refractivity contribution in [2.24, 2.45) is 0 Å². The van der Waals surface area contributed by atoms with Gasteiger partial charge in [0, 0.05) is 26.7 Å². The Kier molecular flexibility index (Phi) is 4.51. The highest BCUT2D eigenvalue weighted by Gasteiger charge is 2.35. The van der Waals surface area contributed by atoms with Crippen LogP contribution in [-0.2, 0) is 19.5 Å². The lowest BCUT2D eigenvalue weighted by molar-refractivity contribution is -0.0120. The summed E-state index contributed by atoms with van der Waals surface area (Å²) in [5.41, 5.74) is -0.471. The van der Waals surface area contributed by atoms with Crippen LogP contribution in [0.4, 0.5) is 0 Å². The Hall–Kier alpha value is -0.170. The highest BCUT2D eigenvalue weighted by Crippen LogP contribution is 2.21. The van der Waals surface area contributed by atoms with Crippen molar-refractivity contribution in [1.82, 2.24) is 4.72 Å². The van der Waals surface area contributed by atoms with E-state index < -0.39 is 15.6 Å². The Bertz CT molecular complexity index is 282. The van der Waals surface area contributed by atoms with E-state index in [1.165, 1.54) is 0 Å². The zero-order chi connectivity index (χ0) is 11.4. The van der Waals surface area contributed by atoms with E-state index in [2.05, 4.69) is 4.72 Å². The monoisotopic (exact) mass is 237 g/mol. The Labute approximate surface area is 91.2 Å². The molecule has 6 heteroatoms. The lowest BCUT2D eigenvalue weighted by Gasteiger charge is -2.25. The van der Waals surface area contributed by atoms with Crippen LogP contribution in [0.15, 0.2) is 0 Å². The van der Waals surface area contributed by atoms with Gasteiger partial charge in [-0.05, 0) is 6.42 Å². The summed E-state index contributed by atoms with van der Waals surface area (Å²) in [7, 11) is -1.57. The number of rotatable bonds is 6. The number of hydrogen-bond donors (Lipinski definition) is 1. The first kappa shape index (κ1) is 12.9. The highest BCUT2D eigenvalue weighted by molar-refractivity contribution is 7.89. The molecule has 0 radical (unpaired) electrons. The zero-order valence-electron chi connectivity index (χ0n) is 9.28. The summed E-state index contributed by atoms with van der Waals surface area (Å²) in [5.74, 6) is 0.160. The molecule has 0 aromatic carbocycles. The fourth-order valence-electron chi connectivity index (χ4n) is 1.54. The first-order chi connectivity index (χ1) is 7.04. The molecule has 1 saturated heterocycles. The van der Waals surface area contributed by atoms with Crippen molar-refractivity contribution in [1.29, 1.82) is 0 Å². The van der Waals surface area contributed by atoms with Gasteiger partial charge in [0.25, 0.3) is 0 Å². The number of sulfonamides is 1. The Morgan fingerprint density at radius 2 is 2.27 bits per heavy atom. The predicted molar refractivity (Wildman–Crippen MR) is 57.3 cm³/mol. The third kappa shape index (κ3) is 3.71. The molecule has 0 amide bonds. The third-order valence-corrected chi connectivity index (χ3v) is 4.12. The molecule has 0 aromatic heterocycles. The topological polar surface area (TPSA) is 64.6 Å². The largest absolute Gasteiger partial charge is 0.378 e. The normalized spacial score (nSPS) is 27.1. The highest BCUT2D eigenvalue weighted by atomic mass is 32.2. The molecule has 1 heterocycles. The van der Waals surface area contributed by atoms with Crippen LogP contribution < -0.4 is 4.72 Å². The molecule has 0 saturated carbocycles. The molecule has 90 valence electrons. The quantitative estimate of drug-likeness (QED) is 0.712. The molecule has 1 N–H and O–H groups in total. The van der Waals surface area contributed by atoms with Gasteiger partial charge in [-0.2, -0.15) is 0 Å². The Morgan fingerprint density at radius 3 is 2.73 bits per heavy atom. The molecule has 0 spiro atoms. The Balaban J connectivity index is 2.47. The number of ether oxygens (including phenoxy) is 2. The second-order valence-electron chi connectivity index (χ2n) is 3.83. The molecule has 1 atom stereocenters. The van der Waals surface area contributed by atoms with Crippen LogP contribution in [0.3, 0.4) is 0 Å². The van der Waals surface area contributed by atoms with Crippen molar-refractivity contribution in [2.75, 3.05) is 32.6 Å². The second kappa shape index (κ2) is 5.25. The second-order valence-corrected chi connectivity index (χ2v) is 5.76. The van der Waals surface area contributed by atoms with Crippen LogP contribution in [0, 0.1) is 0 Å². The van der Waals surface area contributed by atoms with Crippen molar-refractivity contribution in [3.63, 3.8) is 0 Å². The Morgan fingerprint density at radius 1 is 1.53 bits per heavy atom. The molecular formula is C9H19NO4S. The molecule has 15 heavy (non-hydrogen) atoms. The maximum atomic E-state index is 11.4. The molecule has 1 aliphatic rings. The van der Waals surface area contributed by atoms with Crippen LogP contribution in [0.5, 0.6) is 0 Å². The average Bonchev–Trinajstić information content (AvgIpc) is 2.64. The van der Waals surface area contributed by atoms with Crippen molar-refractivity contribution in [2.45, 2.75) is 25.4 Å². The van der Waals surface area contributed by atoms with Crippen LogP contribution in [0.1, 0.15) is 19.8 Å². The molecule has 1 aliphatic heterocycles. The summed E-state index contributed by atoms with van der Waals surface area (Å²) in [6.45, 7) is 3.22. The molecule has 1 rings (SSSR count). The minimum absolute atomic E-state index is 0.160. The van der Waals surface area contributed by atoms with E-state index in [1.807, 2.05) is 6.92 Å². The molecule has 0 bridgehead atoms. The minimum Gasteiger partial charge on any atom is -0.378 e. The zero-order valence-corrected chi connectivity index (χ0v) is 10.1. The molecular weight excluding hydrogens is 218 g/mol. The number of nitrogens with one attached hydrogen (secondary N) is 1. The van der Waals surface area contributed by atoms with Gasteiger partial charge in [0.15, 0.2) is 0 Å². The third-order valence-electron chi connectivity index (χ3n) is 2.59. The van der Waals surface area contributed by atoms with Gasteiger partial charge >= 0.3 is 0 Å². The molecule has 0 aromatic rings. The summed E-state index contributed by atoms with van der Waals surface area (Å²) in [6, 6.07) is 0. The van der Waals surface area contributed by atoms with E-state index in [1.54, 1.807) is 7.11 Å². The van der Waals surface area contributed by atoms with Gasteiger partial charge in [-0.25, -0.2) is 13.1 Å². The van der Waals surface area contributed by atoms with E-state index in [9.17, 15) is 8.42 Å². The molecule has 0 aliphatic carbocycles. The van der Waals surface area contributed by atoms with Crippen molar-refractivity contribution in [3.05, 3.63) is 0 Å². The SMILES string of the molecule is CCCS(=O)(=O)NCC1(OC)CCOC1. The van der Waals surface area contributed by atoms with Gasteiger partial charge in [-0.15, -0.1) is 0 Å². The van der Waals surface area contributed by atoms with Crippen molar-refractivity contribution in [3.8, 4) is 0 Å². The lowest BCUT2D eigenvalue weighted by Crippen LogP contribution is -2.45. The van der Waals surface area contributed by atoms with Gasteiger partial charge in [-0.1, -0.05) is 6.92 Å². The van der Waals surface area contributed by atoms with E-state index in [-0.39, 0.29) is 5.75 Å². The van der Waals surface area contributed by atoms with Crippen LogP contribution in [0.25, 0.3) is 0 Å². The summed E-state index contributed by atoms with van der Waals surface area (Å²) in [5, 5.41) is 0. The van der Waals surface area contributed by atoms with Gasteiger partial charge in [0.05, 0.1) is 12.4 Å². The number of hydrogen-bond acceptors (Lipinski definition) is 4. The number of methoxy groups -OCH3 is 1. The van der Waals surface area contributed by atoms with Gasteiger partial charge in [0.2, 0.25) is 10.0 Å². The first-order valence-corrected chi connectivity index (χ1v) is 6.79. The van der Waals surface area contributed by atoms with E-state index in [4.69, 9.17) is 9.47 Å². The van der Waals surface area contributed by atoms with Gasteiger partial charge < -0.3 is 9.47 Å². The maximum absolute atomic E-state index is 11.4. The smallest absolute Gasteiger partial charge is 0.211 e. The van der Waals surface area contributed by atoms with Gasteiger partial charge in [0.1, 0.15) is 5.60 Å². The molecule has 1 fully saturated rings. The van der Waals surface area contributed by atoms with Crippen LogP contribution >= 0.6 is 0 Å². The summed E-state index contributed by atoms with van der Waals surface area (Å²) >= 11 is 0. The van der Waals surface area contributed by atoms with Crippen LogP contribution in [0.2, 0.25) is 0 Å². The van der Waals surface area contributed by atoms with E-state index in [0.29, 0.717) is 26.2 Å². The van der Waals surface area contributed by atoms with E-state index >= 15 is 0 Å². The predicted octanol–water partition coefficient (Wildman–Crippen LogP) is 0.121. The summed E-state index contributed by atoms with van der Waals surface area (Å²) < 4.78 is 36.0. The van der Waals surface area contributed by atoms with Crippen LogP contribution in [-0.4, -0.2) is 46.6 Å². The standard InChI is InChI=1S/C9H19NO4S/c1-3-6-15(11,12)10-7-9(13-2)4-5-14-8-9/h10H,3-8H2,1-2H3. The minimum atomic E-state index is -3.15. The van der Waals surface area contributed by atoms with E-state index in [0.717, 1.165) is 6.42 Å². The summed E-state index contributed by atoms with van der Waals surface area (Å²) in [4.78, 5) is 0.